The summed E-state index contributed by atoms with van der Waals surface area (Å²) in [7, 11) is 0. The van der Waals surface area contributed by atoms with Gasteiger partial charge < -0.3 is 5.11 Å². The van der Waals surface area contributed by atoms with E-state index in [9.17, 15) is 0 Å². The van der Waals surface area contributed by atoms with Crippen LogP contribution in [0.15, 0.2) is 0 Å². The molecule has 0 saturated carbocycles. The van der Waals surface area contributed by atoms with Crippen LogP contribution in [0.4, 0.5) is 0 Å². The first kappa shape index (κ1) is 10.3. The average Bonchev–Trinajstić information content (AvgIpc) is 1.82. The molecule has 0 saturated heterocycles. The molecule has 2 unspecified atom stereocenters. The van der Waals surface area contributed by atoms with Crippen LogP contribution in [-0.4, -0.2) is 22.2 Å². The van der Waals surface area contributed by atoms with Crippen LogP contribution in [0.2, 0.25) is 0 Å². The van der Waals surface area contributed by atoms with Crippen molar-refractivity contribution in [3.05, 3.63) is 0 Å². The van der Waals surface area contributed by atoms with E-state index < -0.39 is 0 Å². The molecule has 0 aromatic rings. The SMILES string of the molecule is CC(O)CSC(C)C(C)C. The minimum atomic E-state index is -0.161. The molecule has 0 heterocycles. The Kier molecular flexibility index (Phi) is 5.18. The highest BCUT2D eigenvalue weighted by Crippen LogP contribution is 2.18. The van der Waals surface area contributed by atoms with Crippen molar-refractivity contribution in [1.29, 1.82) is 0 Å². The Morgan fingerprint density at radius 2 is 1.70 bits per heavy atom. The van der Waals surface area contributed by atoms with Gasteiger partial charge in [-0.05, 0) is 12.8 Å². The quantitative estimate of drug-likeness (QED) is 0.683. The Labute approximate surface area is 68.2 Å². The van der Waals surface area contributed by atoms with Crippen molar-refractivity contribution in [3.63, 3.8) is 0 Å². The first-order chi connectivity index (χ1) is 4.54. The van der Waals surface area contributed by atoms with E-state index in [1.807, 2.05) is 18.7 Å². The number of thioether (sulfide) groups is 1. The summed E-state index contributed by atoms with van der Waals surface area (Å²) in [6.07, 6.45) is -0.161. The zero-order valence-corrected chi connectivity index (χ0v) is 8.11. The van der Waals surface area contributed by atoms with E-state index in [1.54, 1.807) is 0 Å². The van der Waals surface area contributed by atoms with Crippen LogP contribution in [0.3, 0.4) is 0 Å². The molecule has 0 aliphatic carbocycles. The summed E-state index contributed by atoms with van der Waals surface area (Å²) in [5.41, 5.74) is 0. The lowest BCUT2D eigenvalue weighted by Gasteiger charge is -2.15. The van der Waals surface area contributed by atoms with Crippen molar-refractivity contribution in [2.24, 2.45) is 5.92 Å². The Morgan fingerprint density at radius 3 is 2.00 bits per heavy atom. The topological polar surface area (TPSA) is 20.2 Å². The molecule has 2 heteroatoms. The van der Waals surface area contributed by atoms with Gasteiger partial charge in [-0.2, -0.15) is 11.8 Å². The van der Waals surface area contributed by atoms with Gasteiger partial charge in [-0.3, -0.25) is 0 Å². The summed E-state index contributed by atoms with van der Waals surface area (Å²) < 4.78 is 0. The van der Waals surface area contributed by atoms with Gasteiger partial charge in [-0.25, -0.2) is 0 Å². The normalized spacial score (nSPS) is 17.4. The lowest BCUT2D eigenvalue weighted by molar-refractivity contribution is 0.220. The van der Waals surface area contributed by atoms with Crippen molar-refractivity contribution in [1.82, 2.24) is 0 Å². The van der Waals surface area contributed by atoms with Crippen LogP contribution >= 0.6 is 11.8 Å². The molecule has 0 spiro atoms. The van der Waals surface area contributed by atoms with Crippen molar-refractivity contribution in [2.75, 3.05) is 5.75 Å². The number of rotatable bonds is 4. The van der Waals surface area contributed by atoms with Crippen molar-refractivity contribution in [2.45, 2.75) is 39.0 Å². The van der Waals surface area contributed by atoms with E-state index in [-0.39, 0.29) is 6.10 Å². The van der Waals surface area contributed by atoms with Crippen LogP contribution in [0.5, 0.6) is 0 Å². The Hall–Kier alpha value is 0.310. The molecule has 62 valence electrons. The summed E-state index contributed by atoms with van der Waals surface area (Å²) in [6.45, 7) is 8.46. The molecule has 0 amide bonds. The van der Waals surface area contributed by atoms with E-state index >= 15 is 0 Å². The van der Waals surface area contributed by atoms with Gasteiger partial charge in [0.15, 0.2) is 0 Å². The molecule has 0 radical (unpaired) electrons. The zero-order valence-electron chi connectivity index (χ0n) is 7.29. The smallest absolute Gasteiger partial charge is 0.0602 e. The van der Waals surface area contributed by atoms with Gasteiger partial charge in [0.2, 0.25) is 0 Å². The van der Waals surface area contributed by atoms with Crippen LogP contribution in [0.1, 0.15) is 27.7 Å². The monoisotopic (exact) mass is 162 g/mol. The molecule has 0 aromatic carbocycles. The average molecular weight is 162 g/mol. The maximum atomic E-state index is 8.96. The molecule has 0 bridgehead atoms. The lowest BCUT2D eigenvalue weighted by atomic mass is 10.2. The Bertz CT molecular complexity index is 81.3. The zero-order chi connectivity index (χ0) is 8.15. The molecule has 1 nitrogen and oxygen atoms in total. The standard InChI is InChI=1S/C8H18OS/c1-6(2)8(4)10-5-7(3)9/h6-9H,5H2,1-4H3. The second-order valence-corrected chi connectivity index (χ2v) is 4.54. The maximum Gasteiger partial charge on any atom is 0.0602 e. The van der Waals surface area contributed by atoms with Crippen LogP contribution in [0, 0.1) is 5.92 Å². The second kappa shape index (κ2) is 5.03. The predicted molar refractivity (Wildman–Crippen MR) is 48.4 cm³/mol. The molecule has 10 heavy (non-hydrogen) atoms. The van der Waals surface area contributed by atoms with Gasteiger partial charge in [0.25, 0.3) is 0 Å². The van der Waals surface area contributed by atoms with Gasteiger partial charge in [0.05, 0.1) is 6.10 Å². The van der Waals surface area contributed by atoms with Gasteiger partial charge >= 0.3 is 0 Å². The maximum absolute atomic E-state index is 8.96. The molecule has 0 aliphatic rings. The van der Waals surface area contributed by atoms with E-state index in [0.29, 0.717) is 11.2 Å². The molecular weight excluding hydrogens is 144 g/mol. The van der Waals surface area contributed by atoms with Crippen LogP contribution < -0.4 is 0 Å². The summed E-state index contributed by atoms with van der Waals surface area (Å²) in [5, 5.41) is 9.62. The first-order valence-corrected chi connectivity index (χ1v) is 4.88. The van der Waals surface area contributed by atoms with Gasteiger partial charge in [-0.15, -0.1) is 0 Å². The van der Waals surface area contributed by atoms with Gasteiger partial charge in [0, 0.05) is 11.0 Å². The van der Waals surface area contributed by atoms with Crippen molar-refractivity contribution >= 4 is 11.8 Å². The summed E-state index contributed by atoms with van der Waals surface area (Å²) >= 11 is 1.84. The van der Waals surface area contributed by atoms with E-state index in [1.165, 1.54) is 0 Å². The Morgan fingerprint density at radius 1 is 1.20 bits per heavy atom. The first-order valence-electron chi connectivity index (χ1n) is 3.83. The molecule has 0 aromatic heterocycles. The highest BCUT2D eigenvalue weighted by molar-refractivity contribution is 7.99. The van der Waals surface area contributed by atoms with Crippen LogP contribution in [-0.2, 0) is 0 Å². The fourth-order valence-corrected chi connectivity index (χ4v) is 1.45. The van der Waals surface area contributed by atoms with Gasteiger partial charge in [-0.1, -0.05) is 20.8 Å². The Balaban J connectivity index is 3.30. The summed E-state index contributed by atoms with van der Waals surface area (Å²) in [5.74, 6) is 1.57. The third kappa shape index (κ3) is 5.12. The fraction of sp³-hybridized carbons (Fsp3) is 1.00. The van der Waals surface area contributed by atoms with Crippen LogP contribution in [0.25, 0.3) is 0 Å². The molecule has 1 N–H and O–H groups in total. The van der Waals surface area contributed by atoms with E-state index in [2.05, 4.69) is 20.8 Å². The minimum Gasteiger partial charge on any atom is -0.393 e. The number of hydrogen-bond donors (Lipinski definition) is 1. The third-order valence-electron chi connectivity index (χ3n) is 1.54. The highest BCUT2D eigenvalue weighted by Gasteiger charge is 2.07. The largest absolute Gasteiger partial charge is 0.393 e. The van der Waals surface area contributed by atoms with E-state index in [0.717, 1.165) is 5.75 Å². The molecule has 0 fully saturated rings. The summed E-state index contributed by atoms with van der Waals surface area (Å²) in [6, 6.07) is 0. The molecule has 2 atom stereocenters. The molecular formula is C8H18OS. The number of hydrogen-bond acceptors (Lipinski definition) is 2. The minimum absolute atomic E-state index is 0.161. The number of aliphatic hydroxyl groups is 1. The highest BCUT2D eigenvalue weighted by atomic mass is 32.2. The third-order valence-corrected chi connectivity index (χ3v) is 3.28. The predicted octanol–water partition coefficient (Wildman–Crippen LogP) is 2.14. The fourth-order valence-electron chi connectivity index (χ4n) is 0.483. The summed E-state index contributed by atoms with van der Waals surface area (Å²) in [4.78, 5) is 0. The second-order valence-electron chi connectivity index (χ2n) is 3.13. The number of aliphatic hydroxyl groups excluding tert-OH is 1. The molecule has 0 rings (SSSR count). The van der Waals surface area contributed by atoms with Crippen molar-refractivity contribution in [3.8, 4) is 0 Å². The molecule has 0 aliphatic heterocycles. The van der Waals surface area contributed by atoms with Gasteiger partial charge in [0.1, 0.15) is 0 Å². The van der Waals surface area contributed by atoms with E-state index in [4.69, 9.17) is 5.11 Å². The lowest BCUT2D eigenvalue weighted by Crippen LogP contribution is -2.11. The van der Waals surface area contributed by atoms with Crippen molar-refractivity contribution < 1.29 is 5.11 Å².